The van der Waals surface area contributed by atoms with Crippen molar-refractivity contribution in [3.8, 4) is 11.3 Å². The Morgan fingerprint density at radius 3 is 2.37 bits per heavy atom. The Kier molecular flexibility index (Phi) is 4.38. The number of furan rings is 1. The summed E-state index contributed by atoms with van der Waals surface area (Å²) < 4.78 is 10.6. The second-order valence-corrected chi connectivity index (χ2v) is 7.81. The lowest BCUT2D eigenvalue weighted by Gasteiger charge is -2.37. The third-order valence-electron chi connectivity index (χ3n) is 6.26. The highest BCUT2D eigenvalue weighted by atomic mass is 16.5. The van der Waals surface area contributed by atoms with Crippen LogP contribution in [0.5, 0.6) is 0 Å². The maximum atomic E-state index is 12.8. The van der Waals surface area contributed by atoms with E-state index in [0.717, 1.165) is 17.9 Å². The molecule has 0 unspecified atom stereocenters. The van der Waals surface area contributed by atoms with Gasteiger partial charge < -0.3 is 9.15 Å². The van der Waals surface area contributed by atoms with Gasteiger partial charge in [-0.2, -0.15) is 10.1 Å². The van der Waals surface area contributed by atoms with Gasteiger partial charge in [0.2, 0.25) is 0 Å². The molecule has 1 aliphatic heterocycles. The minimum atomic E-state index is -0.462. The lowest BCUT2D eigenvalue weighted by Crippen LogP contribution is -2.38. The predicted octanol–water partition coefficient (Wildman–Crippen LogP) is 3.26. The number of carbonyl (C=O) groups excluding carboxylic acids is 3. The van der Waals surface area contributed by atoms with Gasteiger partial charge in [0.25, 0.3) is 11.8 Å². The van der Waals surface area contributed by atoms with Crippen LogP contribution < -0.4 is 0 Å². The van der Waals surface area contributed by atoms with Crippen molar-refractivity contribution in [1.29, 1.82) is 0 Å². The quantitative estimate of drug-likeness (QED) is 0.338. The molecule has 2 fully saturated rings. The molecule has 7 heteroatoms. The Bertz CT molecular complexity index is 1070. The minimum absolute atomic E-state index is 0.127. The highest BCUT2D eigenvalue weighted by Crippen LogP contribution is 2.49. The van der Waals surface area contributed by atoms with Crippen molar-refractivity contribution in [2.24, 2.45) is 28.8 Å². The van der Waals surface area contributed by atoms with E-state index in [4.69, 9.17) is 9.15 Å². The summed E-state index contributed by atoms with van der Waals surface area (Å²) in [6.45, 7) is 0. The summed E-state index contributed by atoms with van der Waals surface area (Å²) in [4.78, 5) is 37.6. The molecule has 0 N–H and O–H groups in total. The first-order valence-corrected chi connectivity index (χ1v) is 9.96. The molecule has 1 saturated heterocycles. The highest BCUT2D eigenvalue weighted by Gasteiger charge is 2.56. The summed E-state index contributed by atoms with van der Waals surface area (Å²) >= 11 is 0. The molecule has 4 atom stereocenters. The number of hydrazone groups is 1. The molecule has 2 amide bonds. The topological polar surface area (TPSA) is 89.2 Å². The first-order chi connectivity index (χ1) is 14.6. The Hall–Kier alpha value is -3.48. The zero-order valence-corrected chi connectivity index (χ0v) is 16.4. The molecule has 6 rings (SSSR count). The number of hydrogen-bond donors (Lipinski definition) is 0. The summed E-state index contributed by atoms with van der Waals surface area (Å²) in [5, 5.41) is 5.15. The molecule has 30 heavy (non-hydrogen) atoms. The average molecular weight is 404 g/mol. The first-order valence-electron chi connectivity index (χ1n) is 9.96. The average Bonchev–Trinajstić information content (AvgIpc) is 3.37. The van der Waals surface area contributed by atoms with Crippen molar-refractivity contribution in [2.75, 3.05) is 7.11 Å². The number of amides is 2. The molecule has 7 nitrogen and oxygen atoms in total. The van der Waals surface area contributed by atoms with E-state index < -0.39 is 5.97 Å². The first kappa shape index (κ1) is 18.5. The van der Waals surface area contributed by atoms with Crippen LogP contribution in [0.2, 0.25) is 0 Å². The molecule has 0 spiro atoms. The summed E-state index contributed by atoms with van der Waals surface area (Å²) in [7, 11) is 1.32. The van der Waals surface area contributed by atoms with Crippen LogP contribution >= 0.6 is 0 Å². The Morgan fingerprint density at radius 2 is 1.73 bits per heavy atom. The van der Waals surface area contributed by atoms with E-state index in [0.29, 0.717) is 22.6 Å². The largest absolute Gasteiger partial charge is 0.465 e. The molecule has 2 bridgehead atoms. The molecular formula is C23H20N2O5. The molecule has 1 aromatic carbocycles. The van der Waals surface area contributed by atoms with E-state index in [1.54, 1.807) is 36.4 Å². The fraction of sp³-hybridized carbons (Fsp3) is 0.304. The SMILES string of the molecule is COC(=O)c1ccccc1-c1ccc(/C=N\N2C(=O)[C@@H]3[C@H](C2=O)[C@H]2C=C[C@H]3CC2)o1. The van der Waals surface area contributed by atoms with Crippen molar-refractivity contribution in [2.45, 2.75) is 12.8 Å². The van der Waals surface area contributed by atoms with E-state index in [-0.39, 0.29) is 35.5 Å². The van der Waals surface area contributed by atoms with E-state index in [1.165, 1.54) is 13.3 Å². The Balaban J connectivity index is 1.38. The van der Waals surface area contributed by atoms with Gasteiger partial charge in [-0.3, -0.25) is 9.59 Å². The predicted molar refractivity (Wildman–Crippen MR) is 107 cm³/mol. The molecule has 1 saturated carbocycles. The lowest BCUT2D eigenvalue weighted by atomic mass is 9.63. The van der Waals surface area contributed by atoms with Crippen LogP contribution in [0.3, 0.4) is 0 Å². The lowest BCUT2D eigenvalue weighted by molar-refractivity contribution is -0.140. The van der Waals surface area contributed by atoms with Gasteiger partial charge in [0.15, 0.2) is 0 Å². The molecule has 2 aromatic rings. The molecular weight excluding hydrogens is 384 g/mol. The van der Waals surface area contributed by atoms with Gasteiger partial charge >= 0.3 is 5.97 Å². The van der Waals surface area contributed by atoms with Gasteiger partial charge in [-0.1, -0.05) is 30.4 Å². The third kappa shape index (κ3) is 2.81. The number of imide groups is 1. The number of allylic oxidation sites excluding steroid dienone is 2. The fourth-order valence-electron chi connectivity index (χ4n) is 4.84. The fourth-order valence-corrected chi connectivity index (χ4v) is 4.84. The molecule has 4 aliphatic rings. The van der Waals surface area contributed by atoms with Crippen LogP contribution in [0.4, 0.5) is 0 Å². The van der Waals surface area contributed by atoms with Gasteiger partial charge in [0.1, 0.15) is 11.5 Å². The van der Waals surface area contributed by atoms with Crippen molar-refractivity contribution >= 4 is 24.0 Å². The van der Waals surface area contributed by atoms with Gasteiger partial charge in [-0.15, -0.1) is 0 Å². The number of ether oxygens (including phenoxy) is 1. The number of hydrogen-bond acceptors (Lipinski definition) is 6. The van der Waals surface area contributed by atoms with Crippen LogP contribution in [-0.2, 0) is 14.3 Å². The number of fused-ring (bicyclic) bond motifs is 1. The van der Waals surface area contributed by atoms with Crippen molar-refractivity contribution in [3.05, 3.63) is 59.9 Å². The van der Waals surface area contributed by atoms with Crippen LogP contribution in [0.25, 0.3) is 11.3 Å². The zero-order valence-electron chi connectivity index (χ0n) is 16.4. The molecule has 3 aliphatic carbocycles. The smallest absolute Gasteiger partial charge is 0.338 e. The van der Waals surface area contributed by atoms with Crippen molar-refractivity contribution in [3.63, 3.8) is 0 Å². The monoisotopic (exact) mass is 404 g/mol. The normalized spacial score (nSPS) is 27.2. The summed E-state index contributed by atoms with van der Waals surface area (Å²) in [6, 6.07) is 10.3. The van der Waals surface area contributed by atoms with Gasteiger partial charge in [0, 0.05) is 5.56 Å². The van der Waals surface area contributed by atoms with E-state index in [9.17, 15) is 14.4 Å². The van der Waals surface area contributed by atoms with E-state index >= 15 is 0 Å². The number of rotatable bonds is 4. The molecule has 2 heterocycles. The van der Waals surface area contributed by atoms with Gasteiger partial charge in [-0.05, 0) is 42.9 Å². The standard InChI is InChI=1S/C23H20N2O5/c1-29-23(28)17-5-3-2-4-16(17)18-11-10-15(30-18)12-24-25-21(26)19-13-6-7-14(9-8-13)20(19)22(25)27/h2-7,10-14,19-20H,8-9H2,1H3/b24-12-/t13-,14-,19-,20+/m0/s1. The summed E-state index contributed by atoms with van der Waals surface area (Å²) in [5.74, 6) is -0.422. The summed E-state index contributed by atoms with van der Waals surface area (Å²) in [6.07, 6.45) is 7.41. The number of methoxy groups -OCH3 is 1. The maximum absolute atomic E-state index is 12.8. The summed E-state index contributed by atoms with van der Waals surface area (Å²) in [5.41, 5.74) is 0.973. The highest BCUT2D eigenvalue weighted by molar-refractivity contribution is 6.06. The minimum Gasteiger partial charge on any atom is -0.465 e. The van der Waals surface area contributed by atoms with E-state index in [2.05, 4.69) is 17.3 Å². The molecule has 1 aromatic heterocycles. The van der Waals surface area contributed by atoms with Crippen LogP contribution in [-0.4, -0.2) is 36.1 Å². The van der Waals surface area contributed by atoms with Gasteiger partial charge in [0.05, 0.1) is 30.7 Å². The molecule has 152 valence electrons. The number of nitrogens with zero attached hydrogens (tertiary/aromatic N) is 2. The number of esters is 1. The van der Waals surface area contributed by atoms with Crippen LogP contribution in [0.1, 0.15) is 29.0 Å². The second-order valence-electron chi connectivity index (χ2n) is 7.81. The molecule has 0 radical (unpaired) electrons. The van der Waals surface area contributed by atoms with Crippen molar-refractivity contribution < 1.29 is 23.5 Å². The van der Waals surface area contributed by atoms with Crippen LogP contribution in [0.15, 0.2) is 58.1 Å². The van der Waals surface area contributed by atoms with Gasteiger partial charge in [-0.25, -0.2) is 4.79 Å². The number of benzene rings is 1. The zero-order chi connectivity index (χ0) is 20.8. The Morgan fingerprint density at radius 1 is 1.07 bits per heavy atom. The second kappa shape index (κ2) is 7.09. The number of carbonyl (C=O) groups is 3. The Labute approximate surface area is 173 Å². The van der Waals surface area contributed by atoms with Crippen molar-refractivity contribution in [1.82, 2.24) is 5.01 Å². The van der Waals surface area contributed by atoms with E-state index in [1.807, 2.05) is 0 Å². The maximum Gasteiger partial charge on any atom is 0.338 e. The third-order valence-corrected chi connectivity index (χ3v) is 6.26. The van der Waals surface area contributed by atoms with Crippen LogP contribution in [0, 0.1) is 23.7 Å².